The normalized spacial score (nSPS) is 35.3. The Hall–Kier alpha value is -0.120. The summed E-state index contributed by atoms with van der Waals surface area (Å²) in [5.74, 6) is 0.762. The highest BCUT2D eigenvalue weighted by Crippen LogP contribution is 2.27. The van der Waals surface area contributed by atoms with E-state index in [1.54, 1.807) is 0 Å². The van der Waals surface area contributed by atoms with Crippen LogP contribution in [0.1, 0.15) is 44.9 Å². The molecule has 1 saturated carbocycles. The molecule has 106 valence electrons. The number of nitrogens with one attached hydrogen (secondary N) is 1. The third-order valence-electron chi connectivity index (χ3n) is 4.79. The van der Waals surface area contributed by atoms with E-state index in [0.29, 0.717) is 6.04 Å². The van der Waals surface area contributed by atoms with Crippen molar-refractivity contribution in [1.82, 2.24) is 10.2 Å². The topological polar surface area (TPSA) is 24.5 Å². The number of hydrogen-bond donors (Lipinski definition) is 1. The van der Waals surface area contributed by atoms with Crippen LogP contribution < -0.4 is 5.32 Å². The van der Waals surface area contributed by atoms with Gasteiger partial charge in [0.05, 0.1) is 6.61 Å². The van der Waals surface area contributed by atoms with Crippen LogP contribution in [-0.4, -0.2) is 50.8 Å². The molecule has 0 amide bonds. The van der Waals surface area contributed by atoms with E-state index in [1.165, 1.54) is 58.0 Å². The molecule has 18 heavy (non-hydrogen) atoms. The van der Waals surface area contributed by atoms with Crippen LogP contribution >= 0.6 is 0 Å². The summed E-state index contributed by atoms with van der Waals surface area (Å²) in [7, 11) is 3.97. The first kappa shape index (κ1) is 14.3. The zero-order valence-corrected chi connectivity index (χ0v) is 12.2. The van der Waals surface area contributed by atoms with Crippen LogP contribution in [0.25, 0.3) is 0 Å². The Labute approximate surface area is 112 Å². The van der Waals surface area contributed by atoms with Gasteiger partial charge in [0.15, 0.2) is 0 Å². The standard InChI is InChI=1S/C15H30N2O/c1-16-14-7-5-3-4-6-8-15(14)17-10-9-13(11-17)12-18-2/h13-16H,3-12H2,1-2H3. The quantitative estimate of drug-likeness (QED) is 0.833. The summed E-state index contributed by atoms with van der Waals surface area (Å²) in [6.07, 6.45) is 9.73. The molecule has 1 aliphatic carbocycles. The van der Waals surface area contributed by atoms with Crippen LogP contribution in [0.5, 0.6) is 0 Å². The van der Waals surface area contributed by atoms with Gasteiger partial charge in [-0.25, -0.2) is 0 Å². The number of likely N-dealkylation sites (N-methyl/N-ethyl adjacent to an activating group) is 1. The highest BCUT2D eigenvalue weighted by molar-refractivity contribution is 4.89. The molecule has 2 rings (SSSR count). The average Bonchev–Trinajstić information content (AvgIpc) is 2.78. The van der Waals surface area contributed by atoms with Crippen molar-refractivity contribution in [3.05, 3.63) is 0 Å². The molecule has 2 aliphatic rings. The van der Waals surface area contributed by atoms with Crippen LogP contribution in [-0.2, 0) is 4.74 Å². The molecule has 0 aromatic carbocycles. The van der Waals surface area contributed by atoms with Crippen molar-refractivity contribution < 1.29 is 4.74 Å². The van der Waals surface area contributed by atoms with E-state index in [4.69, 9.17) is 4.74 Å². The molecule has 2 fully saturated rings. The first-order valence-corrected chi connectivity index (χ1v) is 7.75. The molecule has 3 nitrogen and oxygen atoms in total. The molecule has 1 N–H and O–H groups in total. The Morgan fingerprint density at radius 1 is 1.11 bits per heavy atom. The van der Waals surface area contributed by atoms with Crippen molar-refractivity contribution in [1.29, 1.82) is 0 Å². The lowest BCUT2D eigenvalue weighted by molar-refractivity contribution is 0.131. The number of rotatable bonds is 4. The number of methoxy groups -OCH3 is 1. The molecular formula is C15H30N2O. The Balaban J connectivity index is 1.91. The first-order valence-electron chi connectivity index (χ1n) is 7.75. The maximum atomic E-state index is 5.32. The summed E-state index contributed by atoms with van der Waals surface area (Å²) in [6.45, 7) is 3.46. The van der Waals surface area contributed by atoms with Gasteiger partial charge >= 0.3 is 0 Å². The summed E-state index contributed by atoms with van der Waals surface area (Å²) in [6, 6.07) is 1.46. The van der Waals surface area contributed by atoms with E-state index >= 15 is 0 Å². The third-order valence-corrected chi connectivity index (χ3v) is 4.79. The van der Waals surface area contributed by atoms with E-state index in [2.05, 4.69) is 17.3 Å². The van der Waals surface area contributed by atoms with Crippen LogP contribution in [0, 0.1) is 5.92 Å². The summed E-state index contributed by atoms with van der Waals surface area (Å²) in [4.78, 5) is 2.73. The molecule has 1 heterocycles. The molecule has 1 aliphatic heterocycles. The lowest BCUT2D eigenvalue weighted by atomic mass is 9.91. The van der Waals surface area contributed by atoms with Crippen LogP contribution in [0.2, 0.25) is 0 Å². The number of ether oxygens (including phenoxy) is 1. The van der Waals surface area contributed by atoms with E-state index in [1.807, 2.05) is 7.11 Å². The maximum absolute atomic E-state index is 5.32. The Bertz CT molecular complexity index is 235. The molecule has 3 heteroatoms. The van der Waals surface area contributed by atoms with Crippen LogP contribution in [0.3, 0.4) is 0 Å². The maximum Gasteiger partial charge on any atom is 0.0503 e. The van der Waals surface area contributed by atoms with Gasteiger partial charge in [0.25, 0.3) is 0 Å². The first-order chi connectivity index (χ1) is 8.85. The van der Waals surface area contributed by atoms with Gasteiger partial charge in [-0.1, -0.05) is 25.7 Å². The van der Waals surface area contributed by atoms with Crippen molar-refractivity contribution in [2.24, 2.45) is 5.92 Å². The second-order valence-electron chi connectivity index (χ2n) is 6.06. The van der Waals surface area contributed by atoms with Crippen molar-refractivity contribution in [2.45, 2.75) is 57.0 Å². The van der Waals surface area contributed by atoms with Gasteiger partial charge in [0, 0.05) is 25.7 Å². The molecule has 3 unspecified atom stereocenters. The zero-order valence-electron chi connectivity index (χ0n) is 12.2. The smallest absolute Gasteiger partial charge is 0.0503 e. The van der Waals surface area contributed by atoms with Crippen molar-refractivity contribution >= 4 is 0 Å². The Morgan fingerprint density at radius 2 is 1.89 bits per heavy atom. The highest BCUT2D eigenvalue weighted by Gasteiger charge is 2.32. The Morgan fingerprint density at radius 3 is 2.61 bits per heavy atom. The van der Waals surface area contributed by atoms with Gasteiger partial charge in [-0.05, 0) is 38.8 Å². The number of nitrogens with zero attached hydrogens (tertiary/aromatic N) is 1. The lowest BCUT2D eigenvalue weighted by Gasteiger charge is -2.36. The second kappa shape index (κ2) is 7.46. The molecule has 0 aromatic rings. The predicted molar refractivity (Wildman–Crippen MR) is 75.9 cm³/mol. The zero-order chi connectivity index (χ0) is 12.8. The second-order valence-corrected chi connectivity index (χ2v) is 6.06. The van der Waals surface area contributed by atoms with E-state index in [0.717, 1.165) is 18.6 Å². The van der Waals surface area contributed by atoms with Gasteiger partial charge < -0.3 is 10.1 Å². The molecule has 1 saturated heterocycles. The average molecular weight is 254 g/mol. The van der Waals surface area contributed by atoms with Gasteiger partial charge in [-0.2, -0.15) is 0 Å². The number of likely N-dealkylation sites (tertiary alicyclic amines) is 1. The third kappa shape index (κ3) is 3.69. The molecule has 3 atom stereocenters. The summed E-state index contributed by atoms with van der Waals surface area (Å²) in [5, 5.41) is 3.57. The fourth-order valence-corrected chi connectivity index (χ4v) is 3.77. The summed E-state index contributed by atoms with van der Waals surface area (Å²) >= 11 is 0. The molecule has 0 aromatic heterocycles. The minimum Gasteiger partial charge on any atom is -0.384 e. The molecule has 0 radical (unpaired) electrons. The molecule has 0 bridgehead atoms. The Kier molecular flexibility index (Phi) is 5.93. The largest absolute Gasteiger partial charge is 0.384 e. The predicted octanol–water partition coefficient (Wildman–Crippen LogP) is 2.27. The van der Waals surface area contributed by atoms with Crippen molar-refractivity contribution in [3.63, 3.8) is 0 Å². The SMILES string of the molecule is CNC1CCCCCCC1N1CCC(COC)C1. The van der Waals surface area contributed by atoms with Gasteiger partial charge in [-0.15, -0.1) is 0 Å². The fourth-order valence-electron chi connectivity index (χ4n) is 3.77. The minimum atomic E-state index is 0.701. The van der Waals surface area contributed by atoms with Crippen LogP contribution in [0.15, 0.2) is 0 Å². The molecular weight excluding hydrogens is 224 g/mol. The van der Waals surface area contributed by atoms with Gasteiger partial charge in [0.1, 0.15) is 0 Å². The highest BCUT2D eigenvalue weighted by atomic mass is 16.5. The van der Waals surface area contributed by atoms with E-state index in [-0.39, 0.29) is 0 Å². The van der Waals surface area contributed by atoms with Crippen molar-refractivity contribution in [3.8, 4) is 0 Å². The van der Waals surface area contributed by atoms with E-state index in [9.17, 15) is 0 Å². The monoisotopic (exact) mass is 254 g/mol. The summed E-state index contributed by atoms with van der Waals surface area (Å²) < 4.78 is 5.32. The fraction of sp³-hybridized carbons (Fsp3) is 1.00. The number of hydrogen-bond acceptors (Lipinski definition) is 3. The van der Waals surface area contributed by atoms with Gasteiger partial charge in [-0.3, -0.25) is 4.90 Å². The van der Waals surface area contributed by atoms with Crippen molar-refractivity contribution in [2.75, 3.05) is 33.9 Å². The van der Waals surface area contributed by atoms with Gasteiger partial charge in [0.2, 0.25) is 0 Å². The van der Waals surface area contributed by atoms with Crippen LogP contribution in [0.4, 0.5) is 0 Å². The summed E-state index contributed by atoms with van der Waals surface area (Å²) in [5.41, 5.74) is 0. The molecule has 0 spiro atoms. The van der Waals surface area contributed by atoms with E-state index < -0.39 is 0 Å². The lowest BCUT2D eigenvalue weighted by Crippen LogP contribution is -2.48. The minimum absolute atomic E-state index is 0.701.